The first-order valence-electron chi connectivity index (χ1n) is 6.83. The molecule has 114 valence electrons. The first-order chi connectivity index (χ1) is 10.1. The van der Waals surface area contributed by atoms with Gasteiger partial charge in [0.2, 0.25) is 0 Å². The number of aromatic nitrogens is 2. The van der Waals surface area contributed by atoms with Crippen molar-refractivity contribution in [2.45, 2.75) is 39.0 Å². The molecule has 0 aliphatic heterocycles. The summed E-state index contributed by atoms with van der Waals surface area (Å²) in [5, 5.41) is 10.2. The Bertz CT molecular complexity index is 572. The molecule has 0 bridgehead atoms. The summed E-state index contributed by atoms with van der Waals surface area (Å²) in [6, 6.07) is 6.11. The van der Waals surface area contributed by atoms with Crippen molar-refractivity contribution >= 4 is 0 Å². The lowest BCUT2D eigenvalue weighted by Crippen LogP contribution is -2.09. The molecular formula is C15H18F2N2O2. The average molecular weight is 296 g/mol. The third-order valence-electron chi connectivity index (χ3n) is 3.11. The standard InChI is InChI=1S/C15H18F2N2O2/c1-2-7-19-8-6-18-14(19)10-13(20)11-4-3-5-12(9-11)21-15(16)17/h3-6,8-9,13,15,20H,2,7,10H2,1H3. The van der Waals surface area contributed by atoms with Gasteiger partial charge in [-0.15, -0.1) is 0 Å². The fourth-order valence-corrected chi connectivity index (χ4v) is 2.16. The highest BCUT2D eigenvalue weighted by molar-refractivity contribution is 5.30. The van der Waals surface area contributed by atoms with E-state index in [0.717, 1.165) is 18.8 Å². The molecule has 0 aliphatic carbocycles. The summed E-state index contributed by atoms with van der Waals surface area (Å²) in [6.07, 6.45) is 4.03. The number of aryl methyl sites for hydroxylation is 1. The van der Waals surface area contributed by atoms with Crippen LogP contribution in [0.1, 0.15) is 30.8 Å². The quantitative estimate of drug-likeness (QED) is 0.853. The molecule has 6 heteroatoms. The molecule has 1 unspecified atom stereocenters. The number of alkyl halides is 2. The number of aliphatic hydroxyl groups is 1. The molecular weight excluding hydrogens is 278 g/mol. The summed E-state index contributed by atoms with van der Waals surface area (Å²) in [5.41, 5.74) is 0.527. The van der Waals surface area contributed by atoms with Crippen LogP contribution in [0.3, 0.4) is 0 Å². The van der Waals surface area contributed by atoms with Gasteiger partial charge in [-0.25, -0.2) is 4.98 Å². The van der Waals surface area contributed by atoms with E-state index in [1.165, 1.54) is 12.1 Å². The lowest BCUT2D eigenvalue weighted by Gasteiger charge is -2.13. The van der Waals surface area contributed by atoms with Crippen molar-refractivity contribution in [1.29, 1.82) is 0 Å². The Labute approximate surface area is 122 Å². The summed E-state index contributed by atoms with van der Waals surface area (Å²) >= 11 is 0. The van der Waals surface area contributed by atoms with Gasteiger partial charge in [-0.3, -0.25) is 0 Å². The van der Waals surface area contributed by atoms with E-state index in [0.29, 0.717) is 12.0 Å². The number of ether oxygens (including phenoxy) is 1. The second-order valence-electron chi connectivity index (χ2n) is 4.71. The van der Waals surface area contributed by atoms with Crippen LogP contribution in [0.25, 0.3) is 0 Å². The molecule has 1 aromatic heterocycles. The Hall–Kier alpha value is -1.95. The van der Waals surface area contributed by atoms with Gasteiger partial charge in [0.05, 0.1) is 6.10 Å². The van der Waals surface area contributed by atoms with E-state index in [2.05, 4.69) is 16.6 Å². The van der Waals surface area contributed by atoms with Crippen molar-refractivity contribution in [2.75, 3.05) is 0 Å². The molecule has 0 amide bonds. The van der Waals surface area contributed by atoms with Gasteiger partial charge in [-0.1, -0.05) is 19.1 Å². The van der Waals surface area contributed by atoms with Crippen molar-refractivity contribution in [2.24, 2.45) is 0 Å². The lowest BCUT2D eigenvalue weighted by atomic mass is 10.1. The minimum absolute atomic E-state index is 0.0402. The van der Waals surface area contributed by atoms with Gasteiger partial charge in [-0.05, 0) is 24.1 Å². The van der Waals surface area contributed by atoms with Crippen LogP contribution in [0.4, 0.5) is 8.78 Å². The number of hydrogen-bond donors (Lipinski definition) is 1. The van der Waals surface area contributed by atoms with Crippen LogP contribution in [-0.2, 0) is 13.0 Å². The Balaban J connectivity index is 2.09. The van der Waals surface area contributed by atoms with Gasteiger partial charge in [0, 0.05) is 25.4 Å². The Kier molecular flexibility index (Phi) is 5.27. The largest absolute Gasteiger partial charge is 0.435 e. The van der Waals surface area contributed by atoms with Crippen LogP contribution in [0.2, 0.25) is 0 Å². The maximum atomic E-state index is 12.2. The van der Waals surface area contributed by atoms with E-state index in [-0.39, 0.29) is 5.75 Å². The highest BCUT2D eigenvalue weighted by atomic mass is 19.3. The first-order valence-corrected chi connectivity index (χ1v) is 6.83. The predicted octanol–water partition coefficient (Wildman–Crippen LogP) is 3.17. The van der Waals surface area contributed by atoms with Crippen LogP contribution in [0, 0.1) is 0 Å². The number of aliphatic hydroxyl groups excluding tert-OH is 1. The number of nitrogens with zero attached hydrogens (tertiary/aromatic N) is 2. The third kappa shape index (κ3) is 4.26. The lowest BCUT2D eigenvalue weighted by molar-refractivity contribution is -0.0499. The zero-order valence-electron chi connectivity index (χ0n) is 11.7. The molecule has 0 aliphatic rings. The predicted molar refractivity (Wildman–Crippen MR) is 74.3 cm³/mol. The highest BCUT2D eigenvalue weighted by Crippen LogP contribution is 2.23. The van der Waals surface area contributed by atoms with Crippen molar-refractivity contribution in [3.63, 3.8) is 0 Å². The molecule has 2 aromatic rings. The second kappa shape index (κ2) is 7.17. The molecule has 1 aromatic carbocycles. The summed E-state index contributed by atoms with van der Waals surface area (Å²) in [6.45, 7) is 0.0166. The van der Waals surface area contributed by atoms with Crippen molar-refractivity contribution in [3.8, 4) is 5.75 Å². The van der Waals surface area contributed by atoms with Gasteiger partial charge in [-0.2, -0.15) is 8.78 Å². The molecule has 1 atom stereocenters. The number of hydrogen-bond acceptors (Lipinski definition) is 3. The van der Waals surface area contributed by atoms with Gasteiger partial charge >= 0.3 is 6.61 Å². The summed E-state index contributed by atoms with van der Waals surface area (Å²) < 4.78 is 30.7. The summed E-state index contributed by atoms with van der Waals surface area (Å²) in [7, 11) is 0. The highest BCUT2D eigenvalue weighted by Gasteiger charge is 2.14. The SMILES string of the molecule is CCCn1ccnc1CC(O)c1cccc(OC(F)F)c1. The van der Waals surface area contributed by atoms with Crippen molar-refractivity contribution < 1.29 is 18.6 Å². The van der Waals surface area contributed by atoms with E-state index in [1.807, 2.05) is 10.8 Å². The smallest absolute Gasteiger partial charge is 0.387 e. The van der Waals surface area contributed by atoms with E-state index in [1.54, 1.807) is 18.3 Å². The number of benzene rings is 1. The fraction of sp³-hybridized carbons (Fsp3) is 0.400. The molecule has 0 saturated heterocycles. The van der Waals surface area contributed by atoms with E-state index in [9.17, 15) is 13.9 Å². The number of imidazole rings is 1. The maximum Gasteiger partial charge on any atom is 0.387 e. The molecule has 0 fully saturated rings. The van der Waals surface area contributed by atoms with Gasteiger partial charge in [0.15, 0.2) is 0 Å². The molecule has 0 radical (unpaired) electrons. The topological polar surface area (TPSA) is 47.3 Å². The summed E-state index contributed by atoms with van der Waals surface area (Å²) in [4.78, 5) is 4.22. The van der Waals surface area contributed by atoms with Crippen LogP contribution in [0.5, 0.6) is 5.75 Å². The Morgan fingerprint density at radius 3 is 2.90 bits per heavy atom. The minimum Gasteiger partial charge on any atom is -0.435 e. The minimum atomic E-state index is -2.87. The molecule has 0 spiro atoms. The van der Waals surface area contributed by atoms with Crippen molar-refractivity contribution in [3.05, 3.63) is 48.0 Å². The molecule has 4 nitrogen and oxygen atoms in total. The monoisotopic (exact) mass is 296 g/mol. The van der Waals surface area contributed by atoms with Crippen LogP contribution in [-0.4, -0.2) is 21.3 Å². The van der Waals surface area contributed by atoms with Gasteiger partial charge in [0.25, 0.3) is 0 Å². The maximum absolute atomic E-state index is 12.2. The Morgan fingerprint density at radius 1 is 1.38 bits per heavy atom. The number of halogens is 2. The Morgan fingerprint density at radius 2 is 2.19 bits per heavy atom. The molecule has 2 rings (SSSR count). The zero-order chi connectivity index (χ0) is 15.2. The van der Waals surface area contributed by atoms with Crippen molar-refractivity contribution in [1.82, 2.24) is 9.55 Å². The van der Waals surface area contributed by atoms with Gasteiger partial charge < -0.3 is 14.4 Å². The van der Waals surface area contributed by atoms with Crippen LogP contribution >= 0.6 is 0 Å². The molecule has 1 heterocycles. The zero-order valence-corrected chi connectivity index (χ0v) is 11.7. The molecule has 21 heavy (non-hydrogen) atoms. The molecule has 0 saturated carbocycles. The van der Waals surface area contributed by atoms with E-state index >= 15 is 0 Å². The second-order valence-corrected chi connectivity index (χ2v) is 4.71. The fourth-order valence-electron chi connectivity index (χ4n) is 2.16. The van der Waals surface area contributed by atoms with Gasteiger partial charge in [0.1, 0.15) is 11.6 Å². The van der Waals surface area contributed by atoms with E-state index < -0.39 is 12.7 Å². The molecule has 1 N–H and O–H groups in total. The van der Waals surface area contributed by atoms with E-state index in [4.69, 9.17) is 0 Å². The van der Waals surface area contributed by atoms with Crippen LogP contribution < -0.4 is 4.74 Å². The number of rotatable bonds is 7. The average Bonchev–Trinajstić information content (AvgIpc) is 2.86. The first kappa shape index (κ1) is 15.4. The third-order valence-corrected chi connectivity index (χ3v) is 3.11. The summed E-state index contributed by atoms with van der Waals surface area (Å²) in [5.74, 6) is 0.808. The van der Waals surface area contributed by atoms with Crippen LogP contribution in [0.15, 0.2) is 36.7 Å². The normalized spacial score (nSPS) is 12.6.